The summed E-state index contributed by atoms with van der Waals surface area (Å²) in [6.07, 6.45) is 0. The van der Waals surface area contributed by atoms with E-state index in [1.807, 2.05) is 6.07 Å². The average molecular weight is 325 g/mol. The van der Waals surface area contributed by atoms with E-state index in [9.17, 15) is 4.79 Å². The molecule has 0 atom stereocenters. The summed E-state index contributed by atoms with van der Waals surface area (Å²) in [5.74, 6) is 1.08. The van der Waals surface area contributed by atoms with Crippen LogP contribution < -0.4 is 14.8 Å². The first kappa shape index (κ1) is 15.5. The van der Waals surface area contributed by atoms with Crippen molar-refractivity contribution in [2.45, 2.75) is 0 Å². The Balaban J connectivity index is 1.79. The quantitative estimate of drug-likeness (QED) is 0.776. The van der Waals surface area contributed by atoms with Crippen LogP contribution in [0.5, 0.6) is 11.5 Å². The van der Waals surface area contributed by atoms with Crippen LogP contribution in [0.3, 0.4) is 0 Å². The van der Waals surface area contributed by atoms with Gasteiger partial charge in [-0.2, -0.15) is 0 Å². The molecule has 0 aliphatic rings. The summed E-state index contributed by atoms with van der Waals surface area (Å²) in [6.45, 7) is 0. The lowest BCUT2D eigenvalue weighted by molar-refractivity contribution is 0.102. The third kappa shape index (κ3) is 3.19. The highest BCUT2D eigenvalue weighted by Gasteiger charge is 2.14. The molecule has 1 heterocycles. The number of carbonyl (C=O) groups excluding carboxylic acids is 1. The van der Waals surface area contributed by atoms with E-state index in [2.05, 4.69) is 15.5 Å². The van der Waals surface area contributed by atoms with E-state index in [-0.39, 0.29) is 17.8 Å². The van der Waals surface area contributed by atoms with E-state index in [0.29, 0.717) is 22.6 Å². The van der Waals surface area contributed by atoms with Crippen LogP contribution in [0, 0.1) is 0 Å². The van der Waals surface area contributed by atoms with Crippen LogP contribution in [0.2, 0.25) is 0 Å². The zero-order chi connectivity index (χ0) is 16.9. The third-order valence-corrected chi connectivity index (χ3v) is 3.31. The molecule has 0 aliphatic heterocycles. The SMILES string of the molecule is COc1ccc(-c2nnc(NC(=O)c3ccccc3)o2)cc1OC. The number of hydrogen-bond acceptors (Lipinski definition) is 6. The molecule has 0 fully saturated rings. The molecule has 0 aliphatic carbocycles. The molecule has 0 spiro atoms. The Morgan fingerprint density at radius 2 is 1.75 bits per heavy atom. The van der Waals surface area contributed by atoms with Gasteiger partial charge in [-0.1, -0.05) is 23.3 Å². The Bertz CT molecular complexity index is 846. The number of nitrogens with zero attached hydrogens (tertiary/aromatic N) is 2. The van der Waals surface area contributed by atoms with Crippen molar-refractivity contribution in [2.24, 2.45) is 0 Å². The molecule has 24 heavy (non-hydrogen) atoms. The van der Waals surface area contributed by atoms with E-state index >= 15 is 0 Å². The van der Waals surface area contributed by atoms with Crippen molar-refractivity contribution in [1.82, 2.24) is 10.2 Å². The smallest absolute Gasteiger partial charge is 0.322 e. The number of nitrogens with one attached hydrogen (secondary N) is 1. The van der Waals surface area contributed by atoms with E-state index in [4.69, 9.17) is 13.9 Å². The molecule has 1 N–H and O–H groups in total. The number of benzene rings is 2. The summed E-state index contributed by atoms with van der Waals surface area (Å²) in [5, 5.41) is 10.3. The van der Waals surface area contributed by atoms with Gasteiger partial charge in [0.1, 0.15) is 0 Å². The molecular formula is C17H15N3O4. The van der Waals surface area contributed by atoms with Gasteiger partial charge >= 0.3 is 6.01 Å². The van der Waals surface area contributed by atoms with Crippen LogP contribution >= 0.6 is 0 Å². The number of amides is 1. The first-order valence-electron chi connectivity index (χ1n) is 7.13. The Labute approximate surface area is 138 Å². The molecule has 7 heteroatoms. The van der Waals surface area contributed by atoms with Gasteiger partial charge in [0.2, 0.25) is 5.89 Å². The molecule has 0 unspecified atom stereocenters. The van der Waals surface area contributed by atoms with Crippen molar-refractivity contribution in [3.05, 3.63) is 54.1 Å². The maximum atomic E-state index is 12.1. The lowest BCUT2D eigenvalue weighted by Crippen LogP contribution is -2.11. The van der Waals surface area contributed by atoms with Crippen LogP contribution in [0.15, 0.2) is 52.9 Å². The van der Waals surface area contributed by atoms with Crippen molar-refractivity contribution in [3.8, 4) is 23.0 Å². The van der Waals surface area contributed by atoms with Gasteiger partial charge < -0.3 is 13.9 Å². The van der Waals surface area contributed by atoms with Crippen molar-refractivity contribution >= 4 is 11.9 Å². The van der Waals surface area contributed by atoms with Crippen LogP contribution in [-0.2, 0) is 0 Å². The number of hydrogen-bond donors (Lipinski definition) is 1. The number of carbonyl (C=O) groups is 1. The first-order chi connectivity index (χ1) is 11.7. The molecule has 3 rings (SSSR count). The van der Waals surface area contributed by atoms with Crippen LogP contribution in [0.4, 0.5) is 6.01 Å². The molecule has 122 valence electrons. The van der Waals surface area contributed by atoms with Crippen molar-refractivity contribution < 1.29 is 18.7 Å². The topological polar surface area (TPSA) is 86.5 Å². The van der Waals surface area contributed by atoms with Gasteiger partial charge in [0.05, 0.1) is 14.2 Å². The minimum atomic E-state index is -0.321. The van der Waals surface area contributed by atoms with Crippen molar-refractivity contribution in [2.75, 3.05) is 19.5 Å². The van der Waals surface area contributed by atoms with Gasteiger partial charge in [-0.15, -0.1) is 5.10 Å². The van der Waals surface area contributed by atoms with E-state index in [0.717, 1.165) is 0 Å². The minimum Gasteiger partial charge on any atom is -0.493 e. The molecule has 3 aromatic rings. The molecular weight excluding hydrogens is 310 g/mol. The van der Waals surface area contributed by atoms with E-state index < -0.39 is 0 Å². The first-order valence-corrected chi connectivity index (χ1v) is 7.13. The fraction of sp³-hybridized carbons (Fsp3) is 0.118. The molecule has 1 amide bonds. The van der Waals surface area contributed by atoms with E-state index in [1.165, 1.54) is 0 Å². The summed E-state index contributed by atoms with van der Waals surface area (Å²) < 4.78 is 15.9. The van der Waals surface area contributed by atoms with E-state index in [1.54, 1.807) is 56.7 Å². The fourth-order valence-electron chi connectivity index (χ4n) is 2.12. The highest BCUT2D eigenvalue weighted by Crippen LogP contribution is 2.32. The maximum absolute atomic E-state index is 12.1. The normalized spacial score (nSPS) is 10.2. The van der Waals surface area contributed by atoms with Gasteiger partial charge in [-0.25, -0.2) is 0 Å². The van der Waals surface area contributed by atoms with Gasteiger partial charge in [0, 0.05) is 11.1 Å². The number of anilines is 1. The van der Waals surface area contributed by atoms with Crippen LogP contribution in [-0.4, -0.2) is 30.3 Å². The molecule has 0 saturated heterocycles. The number of ether oxygens (including phenoxy) is 2. The largest absolute Gasteiger partial charge is 0.493 e. The van der Waals surface area contributed by atoms with Gasteiger partial charge in [0.25, 0.3) is 5.91 Å². The minimum absolute atomic E-state index is 0.0219. The predicted octanol–water partition coefficient (Wildman–Crippen LogP) is 3.01. The second-order valence-electron chi connectivity index (χ2n) is 4.80. The second-order valence-corrected chi connectivity index (χ2v) is 4.80. The second kappa shape index (κ2) is 6.82. The lowest BCUT2D eigenvalue weighted by atomic mass is 10.2. The molecule has 0 radical (unpaired) electrons. The van der Waals surface area contributed by atoms with Gasteiger partial charge in [-0.05, 0) is 30.3 Å². The predicted molar refractivity (Wildman–Crippen MR) is 87.2 cm³/mol. The zero-order valence-corrected chi connectivity index (χ0v) is 13.1. The van der Waals surface area contributed by atoms with Gasteiger partial charge in [-0.3, -0.25) is 10.1 Å². The van der Waals surface area contributed by atoms with Crippen LogP contribution in [0.1, 0.15) is 10.4 Å². The Morgan fingerprint density at radius 1 is 1.00 bits per heavy atom. The lowest BCUT2D eigenvalue weighted by Gasteiger charge is -2.07. The van der Waals surface area contributed by atoms with Crippen molar-refractivity contribution in [3.63, 3.8) is 0 Å². The number of aromatic nitrogens is 2. The Kier molecular flexibility index (Phi) is 4.42. The van der Waals surface area contributed by atoms with Crippen molar-refractivity contribution in [1.29, 1.82) is 0 Å². The molecule has 2 aromatic carbocycles. The number of rotatable bonds is 5. The summed E-state index contributed by atoms with van der Waals surface area (Å²) in [4.78, 5) is 12.1. The highest BCUT2D eigenvalue weighted by atomic mass is 16.5. The Hall–Kier alpha value is -3.35. The highest BCUT2D eigenvalue weighted by molar-refractivity contribution is 6.03. The molecule has 0 bridgehead atoms. The summed E-state index contributed by atoms with van der Waals surface area (Å²) in [6, 6.07) is 14.0. The molecule has 1 aromatic heterocycles. The van der Waals surface area contributed by atoms with Gasteiger partial charge in [0.15, 0.2) is 11.5 Å². The molecule has 7 nitrogen and oxygen atoms in total. The monoisotopic (exact) mass is 325 g/mol. The third-order valence-electron chi connectivity index (χ3n) is 3.31. The molecule has 0 saturated carbocycles. The fourth-order valence-corrected chi connectivity index (χ4v) is 2.12. The summed E-state index contributed by atoms with van der Waals surface area (Å²) in [5.41, 5.74) is 1.16. The maximum Gasteiger partial charge on any atom is 0.322 e. The zero-order valence-electron chi connectivity index (χ0n) is 13.1. The Morgan fingerprint density at radius 3 is 2.46 bits per heavy atom. The van der Waals surface area contributed by atoms with Crippen LogP contribution in [0.25, 0.3) is 11.5 Å². The summed E-state index contributed by atoms with van der Waals surface area (Å²) in [7, 11) is 3.10. The average Bonchev–Trinajstić information content (AvgIpc) is 3.10. The number of methoxy groups -OCH3 is 2. The standard InChI is InChI=1S/C17H15N3O4/c1-22-13-9-8-12(10-14(13)23-2)16-19-20-17(24-16)18-15(21)11-6-4-3-5-7-11/h3-10H,1-2H3,(H,18,20,21). The summed E-state index contributed by atoms with van der Waals surface area (Å²) >= 11 is 0.